The Morgan fingerprint density at radius 2 is 1.36 bits per heavy atom. The molecule has 8 rings (SSSR count). The number of hydrazine groups is 2. The number of benzene rings is 3. The molecule has 5 aliphatic rings. The van der Waals surface area contributed by atoms with E-state index in [1.165, 1.54) is 11.1 Å². The molecule has 7 atom stereocenters. The summed E-state index contributed by atoms with van der Waals surface area (Å²) in [5.41, 5.74) is 12.7. The van der Waals surface area contributed by atoms with E-state index in [0.717, 1.165) is 61.8 Å². The maximum Gasteiger partial charge on any atom is 0.253 e. The van der Waals surface area contributed by atoms with Crippen molar-refractivity contribution in [2.75, 3.05) is 26.2 Å². The summed E-state index contributed by atoms with van der Waals surface area (Å²) in [4.78, 5) is 31.2. The Bertz CT molecular complexity index is 1420. The second-order valence-electron chi connectivity index (χ2n) is 12.4. The highest BCUT2D eigenvalue weighted by atomic mass is 16.2. The van der Waals surface area contributed by atoms with Crippen LogP contribution in [0.4, 0.5) is 0 Å². The Labute approximate surface area is 228 Å². The molecule has 7 heteroatoms. The van der Waals surface area contributed by atoms with Crippen LogP contribution in [0.1, 0.15) is 29.6 Å². The molecule has 3 aliphatic heterocycles. The van der Waals surface area contributed by atoms with Gasteiger partial charge in [0.25, 0.3) is 5.91 Å². The molecule has 7 nitrogen and oxygen atoms in total. The number of rotatable bonds is 3. The van der Waals surface area contributed by atoms with Crippen molar-refractivity contribution in [1.82, 2.24) is 26.2 Å². The summed E-state index contributed by atoms with van der Waals surface area (Å²) in [5.74, 6) is 2.78. The Morgan fingerprint density at radius 3 is 2.13 bits per heavy atom. The molecule has 0 aromatic heterocycles. The summed E-state index contributed by atoms with van der Waals surface area (Å²) in [6, 6.07) is 23.7. The van der Waals surface area contributed by atoms with Gasteiger partial charge in [0.05, 0.1) is 0 Å². The van der Waals surface area contributed by atoms with Gasteiger partial charge >= 0.3 is 0 Å². The van der Waals surface area contributed by atoms with Crippen LogP contribution in [0.5, 0.6) is 0 Å². The van der Waals surface area contributed by atoms with Gasteiger partial charge < -0.3 is 9.80 Å². The standard InChI is InChI=1S/C32H35N5O2/c38-31(22-9-7-20-6-8-21(12-24(20)13-22)19-4-2-1-3-5-19)36-15-25-26(16-36)28-18-37(17-27(25)28)32(39)23-10-11-29-30(14-23)34-35-33-29/h1-9,12-13,23,25-30,33-35H,10-11,14-18H2/t23?,25-,26+,27+,28-,29?,30?. The van der Waals surface area contributed by atoms with Crippen LogP contribution < -0.4 is 16.4 Å². The number of hydrogen-bond donors (Lipinski definition) is 3. The van der Waals surface area contributed by atoms with Crippen molar-refractivity contribution >= 4 is 22.6 Å². The molecule has 0 spiro atoms. The maximum absolute atomic E-state index is 13.6. The fourth-order valence-corrected chi connectivity index (χ4v) is 8.31. The minimum atomic E-state index is 0.131. The largest absolute Gasteiger partial charge is 0.342 e. The summed E-state index contributed by atoms with van der Waals surface area (Å²) in [5, 5.41) is 2.25. The first kappa shape index (κ1) is 23.6. The highest BCUT2D eigenvalue weighted by Crippen LogP contribution is 2.54. The first-order chi connectivity index (χ1) is 19.1. The van der Waals surface area contributed by atoms with Crippen molar-refractivity contribution in [3.8, 4) is 11.1 Å². The molecular formula is C32H35N5O2. The molecule has 2 aliphatic carbocycles. The van der Waals surface area contributed by atoms with Crippen LogP contribution in [-0.2, 0) is 4.79 Å². The summed E-state index contributed by atoms with van der Waals surface area (Å²) >= 11 is 0. The monoisotopic (exact) mass is 521 g/mol. The fraction of sp³-hybridized carbons (Fsp3) is 0.438. The maximum atomic E-state index is 13.6. The molecule has 3 N–H and O–H groups in total. The number of likely N-dealkylation sites (tertiary alicyclic amines) is 2. The molecule has 2 saturated carbocycles. The normalized spacial score (nSPS) is 33.0. The van der Waals surface area contributed by atoms with Crippen LogP contribution in [0.25, 0.3) is 21.9 Å². The first-order valence-corrected chi connectivity index (χ1v) is 14.6. The lowest BCUT2D eigenvalue weighted by Crippen LogP contribution is -2.45. The lowest BCUT2D eigenvalue weighted by atomic mass is 9.60. The molecule has 3 heterocycles. The van der Waals surface area contributed by atoms with E-state index in [0.29, 0.717) is 41.7 Å². The van der Waals surface area contributed by atoms with E-state index in [-0.39, 0.29) is 11.8 Å². The zero-order chi connectivity index (χ0) is 26.1. The Kier molecular flexibility index (Phi) is 5.54. The minimum Gasteiger partial charge on any atom is -0.342 e. The molecule has 3 aromatic rings. The van der Waals surface area contributed by atoms with Gasteiger partial charge in [0.15, 0.2) is 0 Å². The van der Waals surface area contributed by atoms with Crippen LogP contribution in [0.3, 0.4) is 0 Å². The summed E-state index contributed by atoms with van der Waals surface area (Å²) in [6.07, 6.45) is 2.91. The molecule has 39 heavy (non-hydrogen) atoms. The van der Waals surface area contributed by atoms with E-state index in [1.807, 2.05) is 12.1 Å². The number of amides is 2. The predicted molar refractivity (Wildman–Crippen MR) is 150 cm³/mol. The Balaban J connectivity index is 0.930. The number of carbonyl (C=O) groups is 2. The molecule has 5 fully saturated rings. The third-order valence-electron chi connectivity index (χ3n) is 10.4. The molecule has 0 radical (unpaired) electrons. The summed E-state index contributed by atoms with van der Waals surface area (Å²) in [7, 11) is 0. The number of nitrogens with one attached hydrogen (secondary N) is 3. The van der Waals surface area contributed by atoms with Crippen LogP contribution in [-0.4, -0.2) is 59.9 Å². The molecule has 0 bridgehead atoms. The van der Waals surface area contributed by atoms with Crippen LogP contribution in [0.2, 0.25) is 0 Å². The van der Waals surface area contributed by atoms with Crippen molar-refractivity contribution < 1.29 is 9.59 Å². The number of hydrogen-bond acceptors (Lipinski definition) is 5. The van der Waals surface area contributed by atoms with E-state index in [9.17, 15) is 9.59 Å². The first-order valence-electron chi connectivity index (χ1n) is 14.6. The van der Waals surface area contributed by atoms with Gasteiger partial charge in [-0.15, -0.1) is 0 Å². The van der Waals surface area contributed by atoms with Gasteiger partial charge in [-0.1, -0.05) is 48.5 Å². The molecule has 3 unspecified atom stereocenters. The van der Waals surface area contributed by atoms with Gasteiger partial charge in [-0.3, -0.25) is 9.59 Å². The van der Waals surface area contributed by atoms with E-state index in [4.69, 9.17) is 0 Å². The lowest BCUT2D eigenvalue weighted by Gasteiger charge is -2.42. The smallest absolute Gasteiger partial charge is 0.253 e. The van der Waals surface area contributed by atoms with Crippen LogP contribution >= 0.6 is 0 Å². The van der Waals surface area contributed by atoms with Gasteiger partial charge in [-0.25, -0.2) is 10.9 Å². The molecule has 2 amide bonds. The zero-order valence-corrected chi connectivity index (χ0v) is 22.1. The van der Waals surface area contributed by atoms with E-state index < -0.39 is 0 Å². The zero-order valence-electron chi connectivity index (χ0n) is 22.1. The number of nitrogens with zero attached hydrogens (tertiary/aromatic N) is 2. The van der Waals surface area contributed by atoms with Gasteiger partial charge in [-0.2, -0.15) is 5.53 Å². The third kappa shape index (κ3) is 3.90. The fourth-order valence-electron chi connectivity index (χ4n) is 8.31. The van der Waals surface area contributed by atoms with Gasteiger partial charge in [0, 0.05) is 49.7 Å². The number of carbonyl (C=O) groups excluding carboxylic acids is 2. The quantitative estimate of drug-likeness (QED) is 0.493. The van der Waals surface area contributed by atoms with Crippen molar-refractivity contribution in [2.45, 2.75) is 31.3 Å². The van der Waals surface area contributed by atoms with E-state index >= 15 is 0 Å². The van der Waals surface area contributed by atoms with Gasteiger partial charge in [-0.05, 0) is 83.0 Å². The second kappa shape index (κ2) is 9.15. The van der Waals surface area contributed by atoms with Crippen molar-refractivity contribution in [3.63, 3.8) is 0 Å². The second-order valence-corrected chi connectivity index (χ2v) is 12.4. The summed E-state index contributed by atoms with van der Waals surface area (Å²) < 4.78 is 0. The van der Waals surface area contributed by atoms with Gasteiger partial charge in [0.2, 0.25) is 5.91 Å². The topological polar surface area (TPSA) is 76.7 Å². The average Bonchev–Trinajstić information content (AvgIpc) is 3.71. The molecule has 200 valence electrons. The highest BCUT2D eigenvalue weighted by Gasteiger charge is 2.59. The van der Waals surface area contributed by atoms with Crippen LogP contribution in [0.15, 0.2) is 66.7 Å². The highest BCUT2D eigenvalue weighted by molar-refractivity contribution is 5.99. The number of fused-ring (bicyclic) bond motifs is 6. The van der Waals surface area contributed by atoms with Crippen molar-refractivity contribution in [3.05, 3.63) is 72.3 Å². The molecular weight excluding hydrogens is 486 g/mol. The SMILES string of the molecule is O=C(c1ccc2ccc(-c3ccccc3)cc2c1)N1C[C@@H]2[C@H](C1)[C@H]1CN(C(=O)C3CCC4NNNC4C3)C[C@@H]21. The predicted octanol–water partition coefficient (Wildman–Crippen LogP) is 3.43. The minimum absolute atomic E-state index is 0.131. The third-order valence-corrected chi connectivity index (χ3v) is 10.4. The Morgan fingerprint density at radius 1 is 0.667 bits per heavy atom. The molecule has 3 aromatic carbocycles. The summed E-state index contributed by atoms with van der Waals surface area (Å²) in [6.45, 7) is 3.39. The Hall–Kier alpha value is -3.26. The van der Waals surface area contributed by atoms with E-state index in [1.54, 1.807) is 0 Å². The molecule has 3 saturated heterocycles. The van der Waals surface area contributed by atoms with E-state index in [2.05, 4.69) is 80.8 Å². The van der Waals surface area contributed by atoms with Crippen molar-refractivity contribution in [1.29, 1.82) is 0 Å². The van der Waals surface area contributed by atoms with Gasteiger partial charge in [0.1, 0.15) is 0 Å². The average molecular weight is 522 g/mol. The van der Waals surface area contributed by atoms with Crippen molar-refractivity contribution in [2.24, 2.45) is 29.6 Å². The lowest BCUT2D eigenvalue weighted by molar-refractivity contribution is -0.136. The van der Waals surface area contributed by atoms with Crippen LogP contribution in [0, 0.1) is 29.6 Å².